The van der Waals surface area contributed by atoms with E-state index in [1.54, 1.807) is 42.3 Å². The Balaban J connectivity index is 1.70. The minimum atomic E-state index is -3.70. The van der Waals surface area contributed by atoms with Gasteiger partial charge in [0.2, 0.25) is 15.9 Å². The summed E-state index contributed by atoms with van der Waals surface area (Å²) in [5.41, 5.74) is 2.22. The van der Waals surface area contributed by atoms with Crippen LogP contribution in [0.4, 0.5) is 0 Å². The average Bonchev–Trinajstić information content (AvgIpc) is 3.28. The molecule has 30 heavy (non-hydrogen) atoms. The molecule has 1 aromatic carbocycles. The number of benzene rings is 1. The number of carbonyl (C=O) groups is 1. The van der Waals surface area contributed by atoms with E-state index in [1.807, 2.05) is 13.8 Å². The standard InChI is InChI=1S/C21H30N4O4S/c1-16-19(17(2)23-22-16)9-10-20(26)25-13-11-21(15-25,12-14-29-3)24-30(27,28)18-7-5-4-6-8-18/h4-8,24H,9-15H2,1-3H3,(H,22,23). The molecular formula is C21H30N4O4S. The van der Waals surface area contributed by atoms with E-state index in [-0.39, 0.29) is 10.8 Å². The second-order valence-corrected chi connectivity index (χ2v) is 9.60. The maximum absolute atomic E-state index is 12.9. The Morgan fingerprint density at radius 3 is 2.67 bits per heavy atom. The van der Waals surface area contributed by atoms with Gasteiger partial charge in [-0.05, 0) is 50.8 Å². The molecule has 0 spiro atoms. The van der Waals surface area contributed by atoms with Crippen LogP contribution in [0.3, 0.4) is 0 Å². The monoisotopic (exact) mass is 434 g/mol. The Kier molecular flexibility index (Phi) is 6.95. The zero-order valence-corrected chi connectivity index (χ0v) is 18.6. The lowest BCUT2D eigenvalue weighted by Gasteiger charge is -2.30. The molecule has 2 aromatic rings. The summed E-state index contributed by atoms with van der Waals surface area (Å²) in [4.78, 5) is 14.8. The lowest BCUT2D eigenvalue weighted by atomic mass is 9.96. The van der Waals surface area contributed by atoms with Crippen LogP contribution >= 0.6 is 0 Å². The van der Waals surface area contributed by atoms with E-state index < -0.39 is 15.6 Å². The molecule has 2 heterocycles. The third-order valence-corrected chi connectivity index (χ3v) is 7.36. The maximum atomic E-state index is 12.9. The minimum absolute atomic E-state index is 0.0215. The number of hydrogen-bond acceptors (Lipinski definition) is 5. The molecule has 1 unspecified atom stereocenters. The molecule has 0 bridgehead atoms. The van der Waals surface area contributed by atoms with Gasteiger partial charge in [-0.3, -0.25) is 9.89 Å². The number of hydrogen-bond donors (Lipinski definition) is 2. The number of H-pyrrole nitrogens is 1. The van der Waals surface area contributed by atoms with Crippen LogP contribution in [0.25, 0.3) is 0 Å². The molecule has 0 radical (unpaired) electrons. The molecule has 3 rings (SSSR count). The van der Waals surface area contributed by atoms with E-state index >= 15 is 0 Å². The molecule has 1 aliphatic rings. The van der Waals surface area contributed by atoms with Crippen molar-refractivity contribution in [2.24, 2.45) is 0 Å². The maximum Gasteiger partial charge on any atom is 0.241 e. The summed E-state index contributed by atoms with van der Waals surface area (Å²) in [7, 11) is -2.11. The first kappa shape index (κ1) is 22.5. The Labute approximate surface area is 178 Å². The normalized spacial score (nSPS) is 19.4. The smallest absolute Gasteiger partial charge is 0.241 e. The lowest BCUT2D eigenvalue weighted by molar-refractivity contribution is -0.130. The molecule has 1 amide bonds. The molecule has 1 aliphatic heterocycles. The van der Waals surface area contributed by atoms with Gasteiger partial charge in [-0.2, -0.15) is 5.10 Å². The van der Waals surface area contributed by atoms with Crippen molar-refractivity contribution < 1.29 is 17.9 Å². The van der Waals surface area contributed by atoms with Gasteiger partial charge in [0.15, 0.2) is 0 Å². The molecule has 9 heteroatoms. The summed E-state index contributed by atoms with van der Waals surface area (Å²) in [6.45, 7) is 5.14. The third-order valence-electron chi connectivity index (χ3n) is 5.77. The summed E-state index contributed by atoms with van der Waals surface area (Å²) < 4.78 is 33.9. The third kappa shape index (κ3) is 5.08. The molecule has 1 atom stereocenters. The number of aryl methyl sites for hydroxylation is 2. The van der Waals surface area contributed by atoms with Crippen molar-refractivity contribution in [3.8, 4) is 0 Å². The highest BCUT2D eigenvalue weighted by atomic mass is 32.2. The van der Waals surface area contributed by atoms with Crippen LogP contribution in [0.15, 0.2) is 35.2 Å². The van der Waals surface area contributed by atoms with Gasteiger partial charge in [0.25, 0.3) is 0 Å². The SMILES string of the molecule is COCCC1(NS(=O)(=O)c2ccccc2)CCN(C(=O)CCc2c(C)n[nH]c2C)C1. The molecular weight excluding hydrogens is 404 g/mol. The van der Waals surface area contributed by atoms with Crippen LogP contribution in [0, 0.1) is 13.8 Å². The molecule has 1 aromatic heterocycles. The van der Waals surface area contributed by atoms with E-state index in [2.05, 4.69) is 14.9 Å². The number of nitrogens with zero attached hydrogens (tertiary/aromatic N) is 2. The van der Waals surface area contributed by atoms with Gasteiger partial charge in [0.05, 0.1) is 16.1 Å². The van der Waals surface area contributed by atoms with Crippen LogP contribution in [-0.2, 0) is 26.0 Å². The molecule has 2 N–H and O–H groups in total. The molecule has 0 aliphatic carbocycles. The zero-order chi connectivity index (χ0) is 21.8. The van der Waals surface area contributed by atoms with Crippen molar-refractivity contribution in [1.82, 2.24) is 19.8 Å². The van der Waals surface area contributed by atoms with Gasteiger partial charge in [-0.25, -0.2) is 13.1 Å². The number of amides is 1. The summed E-state index contributed by atoms with van der Waals surface area (Å²) >= 11 is 0. The lowest BCUT2D eigenvalue weighted by Crippen LogP contribution is -2.51. The van der Waals surface area contributed by atoms with Crippen LogP contribution in [-0.4, -0.2) is 61.8 Å². The number of rotatable bonds is 9. The van der Waals surface area contributed by atoms with Crippen molar-refractivity contribution in [2.45, 2.75) is 50.0 Å². The van der Waals surface area contributed by atoms with E-state index in [0.29, 0.717) is 45.4 Å². The minimum Gasteiger partial charge on any atom is -0.385 e. The van der Waals surface area contributed by atoms with Crippen LogP contribution < -0.4 is 4.72 Å². The van der Waals surface area contributed by atoms with Crippen molar-refractivity contribution in [3.63, 3.8) is 0 Å². The number of ether oxygens (including phenoxy) is 1. The number of aromatic nitrogens is 2. The molecule has 1 saturated heterocycles. The molecule has 0 saturated carbocycles. The highest BCUT2D eigenvalue weighted by Crippen LogP contribution is 2.28. The van der Waals surface area contributed by atoms with Crippen molar-refractivity contribution in [2.75, 3.05) is 26.8 Å². The summed E-state index contributed by atoms with van der Waals surface area (Å²) in [5, 5.41) is 7.12. The Bertz CT molecular complexity index is 955. The quantitative estimate of drug-likeness (QED) is 0.628. The van der Waals surface area contributed by atoms with Gasteiger partial charge in [0, 0.05) is 38.9 Å². The number of likely N-dealkylation sites (tertiary alicyclic amines) is 1. The summed E-state index contributed by atoms with van der Waals surface area (Å²) in [6.07, 6.45) is 2.04. The van der Waals surface area contributed by atoms with Crippen LogP contribution in [0.1, 0.15) is 36.2 Å². The number of carbonyl (C=O) groups excluding carboxylic acids is 1. The van der Waals surface area contributed by atoms with Gasteiger partial charge in [-0.1, -0.05) is 18.2 Å². The first-order valence-electron chi connectivity index (χ1n) is 10.1. The summed E-state index contributed by atoms with van der Waals surface area (Å²) in [5.74, 6) is 0.0215. The number of nitrogens with one attached hydrogen (secondary N) is 2. The van der Waals surface area contributed by atoms with Gasteiger partial charge >= 0.3 is 0 Å². The number of aromatic amines is 1. The largest absolute Gasteiger partial charge is 0.385 e. The van der Waals surface area contributed by atoms with E-state index in [1.165, 1.54) is 0 Å². The number of methoxy groups -OCH3 is 1. The van der Waals surface area contributed by atoms with E-state index in [0.717, 1.165) is 17.0 Å². The Hall–Kier alpha value is -2.23. The second kappa shape index (κ2) is 9.28. The fourth-order valence-electron chi connectivity index (χ4n) is 4.00. The van der Waals surface area contributed by atoms with Gasteiger partial charge in [0.1, 0.15) is 0 Å². The van der Waals surface area contributed by atoms with Gasteiger partial charge in [-0.15, -0.1) is 0 Å². The van der Waals surface area contributed by atoms with Gasteiger partial charge < -0.3 is 9.64 Å². The highest BCUT2D eigenvalue weighted by Gasteiger charge is 2.42. The zero-order valence-electron chi connectivity index (χ0n) is 17.8. The Morgan fingerprint density at radius 2 is 2.03 bits per heavy atom. The second-order valence-electron chi connectivity index (χ2n) is 7.92. The first-order valence-corrected chi connectivity index (χ1v) is 11.6. The first-order chi connectivity index (χ1) is 14.3. The molecule has 164 valence electrons. The Morgan fingerprint density at radius 1 is 1.30 bits per heavy atom. The van der Waals surface area contributed by atoms with Crippen molar-refractivity contribution >= 4 is 15.9 Å². The topological polar surface area (TPSA) is 104 Å². The van der Waals surface area contributed by atoms with Crippen LogP contribution in [0.2, 0.25) is 0 Å². The fraction of sp³-hybridized carbons (Fsp3) is 0.524. The predicted octanol–water partition coefficient (Wildman–Crippen LogP) is 1.95. The molecule has 1 fully saturated rings. The van der Waals surface area contributed by atoms with Crippen LogP contribution in [0.5, 0.6) is 0 Å². The molecule has 8 nitrogen and oxygen atoms in total. The van der Waals surface area contributed by atoms with Crippen molar-refractivity contribution in [3.05, 3.63) is 47.3 Å². The number of sulfonamides is 1. The fourth-order valence-corrected chi connectivity index (χ4v) is 5.47. The average molecular weight is 435 g/mol. The highest BCUT2D eigenvalue weighted by molar-refractivity contribution is 7.89. The van der Waals surface area contributed by atoms with E-state index in [4.69, 9.17) is 4.74 Å². The predicted molar refractivity (Wildman–Crippen MR) is 114 cm³/mol. The summed E-state index contributed by atoms with van der Waals surface area (Å²) in [6, 6.07) is 8.31. The van der Waals surface area contributed by atoms with Crippen molar-refractivity contribution in [1.29, 1.82) is 0 Å². The van der Waals surface area contributed by atoms with E-state index in [9.17, 15) is 13.2 Å².